The second-order valence-electron chi connectivity index (χ2n) is 5.71. The van der Waals surface area contributed by atoms with Crippen LogP contribution in [0.2, 0.25) is 0 Å². The molecule has 0 aliphatic carbocycles. The van der Waals surface area contributed by atoms with Gasteiger partial charge >= 0.3 is 5.97 Å². The van der Waals surface area contributed by atoms with Crippen LogP contribution in [0.1, 0.15) is 24.5 Å². The molecule has 0 saturated carbocycles. The summed E-state index contributed by atoms with van der Waals surface area (Å²) < 4.78 is 4.66. The fourth-order valence-electron chi connectivity index (χ4n) is 2.79. The minimum absolute atomic E-state index is 0.0258. The van der Waals surface area contributed by atoms with Gasteiger partial charge in [0, 0.05) is 12.0 Å². The first kappa shape index (κ1) is 15.3. The third kappa shape index (κ3) is 2.51. The highest BCUT2D eigenvalue weighted by atomic mass is 16.7. The van der Waals surface area contributed by atoms with Gasteiger partial charge < -0.3 is 20.0 Å². The zero-order valence-electron chi connectivity index (χ0n) is 13.0. The van der Waals surface area contributed by atoms with E-state index < -0.39 is 17.8 Å². The molecule has 2 aliphatic heterocycles. The molecule has 0 bridgehead atoms. The first-order valence-corrected chi connectivity index (χ1v) is 7.22. The van der Waals surface area contributed by atoms with Gasteiger partial charge in [0.2, 0.25) is 6.23 Å². The minimum atomic E-state index is -1.37. The Hall–Kier alpha value is -2.60. The number of ether oxygens (including phenoxy) is 1. The number of fused-ring (bicyclic) bond motifs is 3. The normalized spacial score (nSPS) is 25.0. The maximum absolute atomic E-state index is 11.7. The van der Waals surface area contributed by atoms with Gasteiger partial charge in [0.25, 0.3) is 0 Å². The van der Waals surface area contributed by atoms with Crippen LogP contribution in [0.3, 0.4) is 0 Å². The third-order valence-electron chi connectivity index (χ3n) is 3.95. The number of allylic oxidation sites excluding steroid dienone is 2. The van der Waals surface area contributed by atoms with Crippen molar-refractivity contribution >= 4 is 23.4 Å². The molecule has 2 N–H and O–H groups in total. The average Bonchev–Trinajstić information content (AvgIpc) is 2.84. The van der Waals surface area contributed by atoms with Crippen LogP contribution in [-0.2, 0) is 20.0 Å². The highest BCUT2D eigenvalue weighted by Crippen LogP contribution is 2.46. The number of rotatable bonds is 3. The van der Waals surface area contributed by atoms with Crippen LogP contribution in [0, 0.1) is 0 Å². The van der Waals surface area contributed by atoms with Crippen molar-refractivity contribution in [3.63, 3.8) is 0 Å². The molecule has 0 fully saturated rings. The van der Waals surface area contributed by atoms with Crippen LogP contribution in [0.4, 0.5) is 5.69 Å². The number of aliphatic hydroxyl groups is 1. The Morgan fingerprint density at radius 2 is 2.39 bits per heavy atom. The van der Waals surface area contributed by atoms with Gasteiger partial charge in [-0.1, -0.05) is 47.7 Å². The van der Waals surface area contributed by atoms with E-state index >= 15 is 0 Å². The Balaban J connectivity index is 1.99. The van der Waals surface area contributed by atoms with E-state index in [1.807, 2.05) is 37.3 Å². The Morgan fingerprint density at radius 1 is 1.61 bits per heavy atom. The van der Waals surface area contributed by atoms with Crippen molar-refractivity contribution in [2.24, 2.45) is 5.16 Å². The van der Waals surface area contributed by atoms with Crippen LogP contribution in [0.15, 0.2) is 41.6 Å². The highest BCUT2D eigenvalue weighted by molar-refractivity contribution is 6.36. The first-order valence-electron chi connectivity index (χ1n) is 7.22. The lowest BCUT2D eigenvalue weighted by Crippen LogP contribution is -2.46. The predicted octanol–water partition coefficient (Wildman–Crippen LogP) is 2.16. The summed E-state index contributed by atoms with van der Waals surface area (Å²) in [6, 6.07) is 5.58. The molecule has 6 heteroatoms. The van der Waals surface area contributed by atoms with Gasteiger partial charge in [-0.05, 0) is 12.5 Å². The van der Waals surface area contributed by atoms with E-state index in [9.17, 15) is 9.90 Å². The molecule has 0 spiro atoms. The van der Waals surface area contributed by atoms with Crippen molar-refractivity contribution in [1.29, 1.82) is 0 Å². The summed E-state index contributed by atoms with van der Waals surface area (Å²) in [5.74, 6) is -0.608. The number of methoxy groups -OCH3 is 1. The fraction of sp³-hybridized carbons (Fsp3) is 0.294. The minimum Gasteiger partial charge on any atom is -0.464 e. The number of benzene rings is 1. The van der Waals surface area contributed by atoms with Crippen molar-refractivity contribution in [3.8, 4) is 0 Å². The molecule has 2 heterocycles. The Kier molecular flexibility index (Phi) is 3.69. The second-order valence-corrected chi connectivity index (χ2v) is 5.71. The molecular weight excluding hydrogens is 296 g/mol. The van der Waals surface area contributed by atoms with Crippen LogP contribution in [-0.4, -0.2) is 30.1 Å². The number of anilines is 1. The van der Waals surface area contributed by atoms with Crippen molar-refractivity contribution in [2.75, 3.05) is 12.4 Å². The second kappa shape index (κ2) is 5.55. The van der Waals surface area contributed by atoms with Crippen LogP contribution in [0.5, 0.6) is 0 Å². The summed E-state index contributed by atoms with van der Waals surface area (Å²) in [4.78, 5) is 17.0. The molecule has 1 aromatic rings. The van der Waals surface area contributed by atoms with Crippen LogP contribution in [0.25, 0.3) is 6.08 Å². The van der Waals surface area contributed by atoms with E-state index in [0.717, 1.165) is 16.8 Å². The zero-order chi connectivity index (χ0) is 16.6. The van der Waals surface area contributed by atoms with Gasteiger partial charge in [-0.2, -0.15) is 0 Å². The molecule has 6 nitrogen and oxygen atoms in total. The standard InChI is InChI=1S/C17H18N2O4/c1-10(2)7-8-11-5-4-6-12-14(11)18-16-17(12,21)9-13(19-23-16)15(20)22-3/h4-8,16,18,21H,1,9H2,2-3H3. The number of nitrogens with zero attached hydrogens (tertiary/aromatic N) is 1. The van der Waals surface area contributed by atoms with E-state index in [-0.39, 0.29) is 12.1 Å². The molecule has 3 rings (SSSR count). The number of para-hydroxylation sites is 1. The number of esters is 1. The number of oxime groups is 1. The molecule has 23 heavy (non-hydrogen) atoms. The number of carbonyl (C=O) groups excluding carboxylic acids is 1. The summed E-state index contributed by atoms with van der Waals surface area (Å²) in [6.07, 6.45) is 3.08. The first-order chi connectivity index (χ1) is 11.0. The van der Waals surface area contributed by atoms with Gasteiger partial charge in [-0.25, -0.2) is 4.79 Å². The van der Waals surface area contributed by atoms with E-state index in [0.29, 0.717) is 5.56 Å². The summed E-state index contributed by atoms with van der Waals surface area (Å²) in [6.45, 7) is 5.74. The summed E-state index contributed by atoms with van der Waals surface area (Å²) in [7, 11) is 1.27. The highest BCUT2D eigenvalue weighted by Gasteiger charge is 2.52. The van der Waals surface area contributed by atoms with E-state index in [2.05, 4.69) is 21.8 Å². The van der Waals surface area contributed by atoms with Gasteiger partial charge in [-0.3, -0.25) is 0 Å². The molecule has 2 unspecified atom stereocenters. The van der Waals surface area contributed by atoms with Crippen molar-refractivity contribution in [3.05, 3.63) is 47.6 Å². The predicted molar refractivity (Wildman–Crippen MR) is 86.8 cm³/mol. The number of hydrogen-bond donors (Lipinski definition) is 2. The quantitative estimate of drug-likeness (QED) is 0.660. The summed E-state index contributed by atoms with van der Waals surface area (Å²) >= 11 is 0. The maximum Gasteiger partial charge on any atom is 0.355 e. The number of hydrogen-bond acceptors (Lipinski definition) is 6. The Morgan fingerprint density at radius 3 is 3.09 bits per heavy atom. The summed E-state index contributed by atoms with van der Waals surface area (Å²) in [5.41, 5.74) is 1.94. The Bertz CT molecular complexity index is 738. The molecule has 2 atom stereocenters. The van der Waals surface area contributed by atoms with Gasteiger partial charge in [0.15, 0.2) is 11.3 Å². The largest absolute Gasteiger partial charge is 0.464 e. The smallest absolute Gasteiger partial charge is 0.355 e. The van der Waals surface area contributed by atoms with E-state index in [1.165, 1.54) is 7.11 Å². The van der Waals surface area contributed by atoms with Gasteiger partial charge in [-0.15, -0.1) is 0 Å². The maximum atomic E-state index is 11.7. The van der Waals surface area contributed by atoms with Crippen molar-refractivity contribution in [1.82, 2.24) is 0 Å². The number of nitrogens with one attached hydrogen (secondary N) is 1. The van der Waals surface area contributed by atoms with Gasteiger partial charge in [0.05, 0.1) is 12.8 Å². The lowest BCUT2D eigenvalue weighted by atomic mass is 9.87. The lowest BCUT2D eigenvalue weighted by Gasteiger charge is -2.31. The topological polar surface area (TPSA) is 80.2 Å². The molecule has 0 amide bonds. The zero-order valence-corrected chi connectivity index (χ0v) is 13.0. The summed E-state index contributed by atoms with van der Waals surface area (Å²) in [5, 5.41) is 18.0. The SMILES string of the molecule is C=C(C)C=Cc1cccc2c1NC1ON=C(C(=O)OC)CC21O. The third-order valence-corrected chi connectivity index (χ3v) is 3.95. The molecule has 0 aromatic heterocycles. The number of carbonyl (C=O) groups is 1. The van der Waals surface area contributed by atoms with E-state index in [4.69, 9.17) is 4.84 Å². The van der Waals surface area contributed by atoms with E-state index in [1.54, 1.807) is 0 Å². The van der Waals surface area contributed by atoms with Gasteiger partial charge in [0.1, 0.15) is 0 Å². The monoisotopic (exact) mass is 314 g/mol. The van der Waals surface area contributed by atoms with Crippen molar-refractivity contribution in [2.45, 2.75) is 25.2 Å². The van der Waals surface area contributed by atoms with Crippen LogP contribution < -0.4 is 5.32 Å². The average molecular weight is 314 g/mol. The Labute approximate surface area is 134 Å². The molecule has 0 saturated heterocycles. The molecule has 2 aliphatic rings. The molecular formula is C17H18N2O4. The molecule has 120 valence electrons. The van der Waals surface area contributed by atoms with Crippen LogP contribution >= 0.6 is 0 Å². The molecule has 0 radical (unpaired) electrons. The van der Waals surface area contributed by atoms with Crippen molar-refractivity contribution < 1.29 is 19.5 Å². The fourth-order valence-corrected chi connectivity index (χ4v) is 2.79. The molecule has 1 aromatic carbocycles. The lowest BCUT2D eigenvalue weighted by molar-refractivity contribution is -0.136.